The van der Waals surface area contributed by atoms with E-state index in [0.29, 0.717) is 22.2 Å². The number of carbonyl (C=O) groups is 1. The van der Waals surface area contributed by atoms with Crippen molar-refractivity contribution in [3.63, 3.8) is 0 Å². The first kappa shape index (κ1) is 15.8. The van der Waals surface area contributed by atoms with Crippen LogP contribution in [0.15, 0.2) is 30.9 Å². The minimum atomic E-state index is -1.33. The van der Waals surface area contributed by atoms with Gasteiger partial charge in [0.25, 0.3) is 5.91 Å². The molecule has 0 saturated carbocycles. The quantitative estimate of drug-likeness (QED) is 0.877. The molecular formula is C13H14Cl2N4O2. The summed E-state index contributed by atoms with van der Waals surface area (Å²) in [6.07, 6.45) is 1.63. The first-order valence-corrected chi connectivity index (χ1v) is 6.98. The summed E-state index contributed by atoms with van der Waals surface area (Å²) < 4.78 is 1.59. The molecule has 8 heteroatoms. The fraction of sp³-hybridized carbons (Fsp3) is 0.308. The Morgan fingerprint density at radius 2 is 2.05 bits per heavy atom. The third-order valence-corrected chi connectivity index (χ3v) is 3.20. The average molecular weight is 329 g/mol. The van der Waals surface area contributed by atoms with Crippen LogP contribution in [0, 0.1) is 0 Å². The third kappa shape index (κ3) is 4.42. The lowest BCUT2D eigenvalue weighted by atomic mass is 10.1. The number of hydrogen-bond donors (Lipinski definition) is 2. The number of aromatic nitrogens is 3. The Bertz CT molecular complexity index is 598. The van der Waals surface area contributed by atoms with Gasteiger partial charge in [0.2, 0.25) is 0 Å². The van der Waals surface area contributed by atoms with Crippen LogP contribution in [0.5, 0.6) is 0 Å². The molecule has 21 heavy (non-hydrogen) atoms. The molecule has 2 aromatic rings. The van der Waals surface area contributed by atoms with Gasteiger partial charge in [-0.15, -0.1) is 0 Å². The van der Waals surface area contributed by atoms with Gasteiger partial charge in [-0.25, -0.2) is 4.98 Å². The van der Waals surface area contributed by atoms with Crippen LogP contribution in [0.3, 0.4) is 0 Å². The maximum atomic E-state index is 12.0. The number of hydrogen-bond acceptors (Lipinski definition) is 4. The Kier molecular flexibility index (Phi) is 5.17. The van der Waals surface area contributed by atoms with E-state index in [9.17, 15) is 9.90 Å². The predicted octanol–water partition coefficient (Wildman–Crippen LogP) is 1.82. The summed E-state index contributed by atoms with van der Waals surface area (Å²) in [6, 6.07) is 4.31. The molecule has 0 radical (unpaired) electrons. The zero-order valence-electron chi connectivity index (χ0n) is 11.2. The van der Waals surface area contributed by atoms with Crippen LogP contribution in [-0.4, -0.2) is 31.8 Å². The number of carbonyl (C=O) groups excluding carboxylic acids is 1. The second kappa shape index (κ2) is 6.89. The number of halogens is 2. The molecule has 0 aliphatic rings. The molecule has 0 fully saturated rings. The van der Waals surface area contributed by atoms with Gasteiger partial charge in [-0.05, 0) is 30.7 Å². The van der Waals surface area contributed by atoms with Gasteiger partial charge < -0.3 is 10.4 Å². The number of nitrogens with zero attached hydrogens (tertiary/aromatic N) is 3. The molecule has 1 aromatic heterocycles. The Balaban J connectivity index is 1.98. The fourth-order valence-corrected chi connectivity index (χ4v) is 2.40. The number of amides is 1. The lowest BCUT2D eigenvalue weighted by Gasteiger charge is -2.17. The first-order valence-electron chi connectivity index (χ1n) is 6.22. The number of benzene rings is 1. The molecule has 0 aliphatic carbocycles. The summed E-state index contributed by atoms with van der Waals surface area (Å²) in [5.74, 6) is -0.527. The molecule has 1 heterocycles. The van der Waals surface area contributed by atoms with Crippen LogP contribution in [0.25, 0.3) is 0 Å². The van der Waals surface area contributed by atoms with Crippen molar-refractivity contribution in [2.75, 3.05) is 0 Å². The van der Waals surface area contributed by atoms with Crippen LogP contribution >= 0.6 is 23.2 Å². The van der Waals surface area contributed by atoms with Crippen molar-refractivity contribution in [3.8, 4) is 0 Å². The molecule has 2 rings (SSSR count). The highest BCUT2D eigenvalue weighted by molar-refractivity contribution is 6.34. The molecule has 2 N–H and O–H groups in total. The average Bonchev–Trinajstić information content (AvgIpc) is 2.89. The van der Waals surface area contributed by atoms with E-state index in [4.69, 9.17) is 23.2 Å². The van der Waals surface area contributed by atoms with E-state index in [1.165, 1.54) is 24.5 Å². The van der Waals surface area contributed by atoms with Gasteiger partial charge in [0.1, 0.15) is 12.7 Å². The van der Waals surface area contributed by atoms with E-state index < -0.39 is 12.0 Å². The molecule has 0 bridgehead atoms. The molecular weight excluding hydrogens is 315 g/mol. The molecule has 1 aromatic carbocycles. The molecule has 0 saturated heterocycles. The maximum Gasteiger partial charge on any atom is 0.253 e. The first-order chi connectivity index (χ1) is 9.95. The van der Waals surface area contributed by atoms with Crippen molar-refractivity contribution < 1.29 is 9.90 Å². The van der Waals surface area contributed by atoms with Crippen molar-refractivity contribution in [3.05, 3.63) is 46.5 Å². The predicted molar refractivity (Wildman–Crippen MR) is 79.0 cm³/mol. The van der Waals surface area contributed by atoms with Gasteiger partial charge in [0.05, 0.1) is 6.54 Å². The van der Waals surface area contributed by atoms with Crippen molar-refractivity contribution >= 4 is 29.1 Å². The van der Waals surface area contributed by atoms with Gasteiger partial charge in [-0.3, -0.25) is 9.48 Å². The highest BCUT2D eigenvalue weighted by Crippen LogP contribution is 2.23. The Hall–Kier alpha value is -1.63. The standard InChI is InChI=1S/C13H14Cl2N4O2/c1-8(5-19-7-16-6-17-19)18-13(21)12(20)9-2-10(14)4-11(15)3-9/h2-4,6-8,12,20H,5H2,1H3,(H,18,21)/t8-,12-/m0/s1. The largest absolute Gasteiger partial charge is 0.378 e. The molecule has 112 valence electrons. The lowest BCUT2D eigenvalue weighted by molar-refractivity contribution is -0.130. The fourth-order valence-electron chi connectivity index (χ4n) is 1.86. The van der Waals surface area contributed by atoms with Gasteiger partial charge >= 0.3 is 0 Å². The summed E-state index contributed by atoms with van der Waals surface area (Å²) in [5.41, 5.74) is 0.345. The zero-order valence-corrected chi connectivity index (χ0v) is 12.7. The molecule has 2 atom stereocenters. The van der Waals surface area contributed by atoms with Crippen LogP contribution in [0.1, 0.15) is 18.6 Å². The highest BCUT2D eigenvalue weighted by atomic mass is 35.5. The van der Waals surface area contributed by atoms with E-state index in [0.717, 1.165) is 0 Å². The second-order valence-corrected chi connectivity index (χ2v) is 5.51. The van der Waals surface area contributed by atoms with Crippen molar-refractivity contribution in [1.82, 2.24) is 20.1 Å². The van der Waals surface area contributed by atoms with Crippen molar-refractivity contribution in [1.29, 1.82) is 0 Å². The Morgan fingerprint density at radius 1 is 1.38 bits per heavy atom. The molecule has 1 amide bonds. The summed E-state index contributed by atoms with van der Waals surface area (Å²) in [5, 5.41) is 17.4. The van der Waals surface area contributed by atoms with Crippen LogP contribution in [0.2, 0.25) is 10.0 Å². The van der Waals surface area contributed by atoms with Crippen molar-refractivity contribution in [2.24, 2.45) is 0 Å². The molecule has 0 spiro atoms. The van der Waals surface area contributed by atoms with Crippen LogP contribution in [0.4, 0.5) is 0 Å². The summed E-state index contributed by atoms with van der Waals surface area (Å²) >= 11 is 11.7. The highest BCUT2D eigenvalue weighted by Gasteiger charge is 2.20. The van der Waals surface area contributed by atoms with Gasteiger partial charge in [0, 0.05) is 16.1 Å². The SMILES string of the molecule is C[C@@H](Cn1cncn1)NC(=O)[C@@H](O)c1cc(Cl)cc(Cl)c1. The van der Waals surface area contributed by atoms with E-state index >= 15 is 0 Å². The summed E-state index contributed by atoms with van der Waals surface area (Å²) in [4.78, 5) is 15.8. The number of aliphatic hydroxyl groups excluding tert-OH is 1. The zero-order chi connectivity index (χ0) is 15.4. The van der Waals surface area contributed by atoms with Gasteiger partial charge in [0.15, 0.2) is 6.10 Å². The number of rotatable bonds is 5. The van der Waals surface area contributed by atoms with Crippen molar-refractivity contribution in [2.45, 2.75) is 25.6 Å². The molecule has 6 nitrogen and oxygen atoms in total. The Labute approximate surface area is 131 Å². The normalized spacial score (nSPS) is 13.7. The second-order valence-electron chi connectivity index (χ2n) is 4.63. The van der Waals surface area contributed by atoms with Gasteiger partial charge in [-0.2, -0.15) is 5.10 Å². The number of nitrogens with one attached hydrogen (secondary N) is 1. The van der Waals surface area contributed by atoms with E-state index in [-0.39, 0.29) is 6.04 Å². The van der Waals surface area contributed by atoms with Crippen LogP contribution in [-0.2, 0) is 11.3 Å². The number of aliphatic hydroxyl groups is 1. The monoisotopic (exact) mass is 328 g/mol. The van der Waals surface area contributed by atoms with E-state index in [1.807, 2.05) is 0 Å². The lowest BCUT2D eigenvalue weighted by Crippen LogP contribution is -2.38. The maximum absolute atomic E-state index is 12.0. The molecule has 0 unspecified atom stereocenters. The Morgan fingerprint density at radius 3 is 2.62 bits per heavy atom. The van der Waals surface area contributed by atoms with Gasteiger partial charge in [-0.1, -0.05) is 23.2 Å². The summed E-state index contributed by atoms with van der Waals surface area (Å²) in [6.45, 7) is 2.26. The smallest absolute Gasteiger partial charge is 0.253 e. The topological polar surface area (TPSA) is 80.0 Å². The summed E-state index contributed by atoms with van der Waals surface area (Å²) in [7, 11) is 0. The minimum absolute atomic E-state index is 0.219. The van der Waals surface area contributed by atoms with E-state index in [1.54, 1.807) is 17.9 Å². The van der Waals surface area contributed by atoms with Crippen LogP contribution < -0.4 is 5.32 Å². The minimum Gasteiger partial charge on any atom is -0.378 e. The van der Waals surface area contributed by atoms with E-state index in [2.05, 4.69) is 15.4 Å². The third-order valence-electron chi connectivity index (χ3n) is 2.77. The molecule has 0 aliphatic heterocycles.